The van der Waals surface area contributed by atoms with Crippen LogP contribution in [0.4, 0.5) is 4.39 Å². The molecule has 0 bridgehead atoms. The van der Waals surface area contributed by atoms with Gasteiger partial charge in [-0.05, 0) is 32.0 Å². The quantitative estimate of drug-likeness (QED) is 0.802. The summed E-state index contributed by atoms with van der Waals surface area (Å²) in [5.41, 5.74) is 1.45. The number of rotatable bonds is 4. The fourth-order valence-corrected chi connectivity index (χ4v) is 4.43. The number of benzene rings is 1. The summed E-state index contributed by atoms with van der Waals surface area (Å²) in [7, 11) is -3.77. The van der Waals surface area contributed by atoms with E-state index in [1.165, 1.54) is 22.5 Å². The Hall–Kier alpha value is -2.26. The van der Waals surface area contributed by atoms with Crippen molar-refractivity contribution < 1.29 is 22.1 Å². The third kappa shape index (κ3) is 3.63. The number of carbonyl (C=O) groups excluding carboxylic acids is 1. The molecular formula is C17H20FN3O4S. The van der Waals surface area contributed by atoms with E-state index in [9.17, 15) is 17.6 Å². The van der Waals surface area contributed by atoms with Crippen molar-refractivity contribution in [3.63, 3.8) is 0 Å². The Morgan fingerprint density at radius 1 is 1.23 bits per heavy atom. The second-order valence-electron chi connectivity index (χ2n) is 6.22. The van der Waals surface area contributed by atoms with Gasteiger partial charge in [-0.1, -0.05) is 11.2 Å². The van der Waals surface area contributed by atoms with Crippen molar-refractivity contribution in [2.24, 2.45) is 0 Å². The summed E-state index contributed by atoms with van der Waals surface area (Å²) in [6.45, 7) is 4.46. The third-order valence-corrected chi connectivity index (χ3v) is 6.43. The molecule has 1 aromatic carbocycles. The molecule has 1 fully saturated rings. The molecule has 0 unspecified atom stereocenters. The van der Waals surface area contributed by atoms with Gasteiger partial charge >= 0.3 is 0 Å². The third-order valence-electron chi connectivity index (χ3n) is 4.53. The number of hydrogen-bond acceptors (Lipinski definition) is 5. The summed E-state index contributed by atoms with van der Waals surface area (Å²) < 4.78 is 44.9. The van der Waals surface area contributed by atoms with Crippen molar-refractivity contribution in [2.75, 3.05) is 26.2 Å². The van der Waals surface area contributed by atoms with Crippen LogP contribution in [-0.4, -0.2) is 54.9 Å². The molecule has 0 N–H and O–H groups in total. The molecule has 3 rings (SSSR count). The second kappa shape index (κ2) is 7.16. The highest BCUT2D eigenvalue weighted by molar-refractivity contribution is 7.89. The van der Waals surface area contributed by atoms with Gasteiger partial charge in [0.15, 0.2) is 0 Å². The number of hydrogen-bond donors (Lipinski definition) is 0. The zero-order valence-electron chi connectivity index (χ0n) is 14.6. The number of nitrogens with zero attached hydrogens (tertiary/aromatic N) is 3. The number of piperazine rings is 1. The number of amides is 1. The van der Waals surface area contributed by atoms with Crippen molar-refractivity contribution >= 4 is 15.9 Å². The highest BCUT2D eigenvalue weighted by Gasteiger charge is 2.30. The molecule has 1 aliphatic heterocycles. The Morgan fingerprint density at radius 2 is 1.92 bits per heavy atom. The fraction of sp³-hybridized carbons (Fsp3) is 0.412. The highest BCUT2D eigenvalue weighted by Crippen LogP contribution is 2.19. The Labute approximate surface area is 151 Å². The van der Waals surface area contributed by atoms with E-state index < -0.39 is 15.8 Å². The van der Waals surface area contributed by atoms with Gasteiger partial charge in [-0.15, -0.1) is 0 Å². The van der Waals surface area contributed by atoms with E-state index in [1.54, 1.807) is 18.7 Å². The minimum atomic E-state index is -3.77. The first-order chi connectivity index (χ1) is 12.3. The lowest BCUT2D eigenvalue weighted by Crippen LogP contribution is -2.50. The number of carbonyl (C=O) groups is 1. The first-order valence-electron chi connectivity index (χ1n) is 8.24. The van der Waals surface area contributed by atoms with Gasteiger partial charge in [0.2, 0.25) is 15.9 Å². The number of aromatic nitrogens is 1. The van der Waals surface area contributed by atoms with E-state index in [0.29, 0.717) is 11.5 Å². The van der Waals surface area contributed by atoms with Crippen LogP contribution in [0.5, 0.6) is 0 Å². The van der Waals surface area contributed by atoms with Crippen molar-refractivity contribution in [1.29, 1.82) is 0 Å². The zero-order valence-corrected chi connectivity index (χ0v) is 15.4. The molecule has 0 saturated carbocycles. The smallest absolute Gasteiger partial charge is 0.243 e. The Morgan fingerprint density at radius 3 is 2.50 bits per heavy atom. The minimum absolute atomic E-state index is 0.0759. The van der Waals surface area contributed by atoms with E-state index in [4.69, 9.17) is 4.52 Å². The van der Waals surface area contributed by atoms with E-state index in [2.05, 4.69) is 5.16 Å². The van der Waals surface area contributed by atoms with Crippen LogP contribution in [0.3, 0.4) is 0 Å². The molecule has 140 valence electrons. The van der Waals surface area contributed by atoms with Crippen LogP contribution >= 0.6 is 0 Å². The Balaban J connectivity index is 1.64. The van der Waals surface area contributed by atoms with Gasteiger partial charge in [0.05, 0.1) is 17.0 Å². The average Bonchev–Trinajstić information content (AvgIpc) is 2.94. The van der Waals surface area contributed by atoms with E-state index in [0.717, 1.165) is 11.6 Å². The molecule has 2 aromatic rings. The summed E-state index contributed by atoms with van der Waals surface area (Å²) >= 11 is 0. The second-order valence-corrected chi connectivity index (χ2v) is 8.16. The van der Waals surface area contributed by atoms with Gasteiger partial charge in [0.25, 0.3) is 0 Å². The summed E-state index contributed by atoms with van der Waals surface area (Å²) in [6.07, 6.45) is 0.178. The SMILES string of the molecule is Cc1noc(C)c1CC(=O)N1CCN(S(=O)(=O)c2cccc(F)c2)CC1. The molecule has 1 amide bonds. The summed E-state index contributed by atoms with van der Waals surface area (Å²) in [4.78, 5) is 14.0. The lowest BCUT2D eigenvalue weighted by molar-refractivity contribution is -0.131. The lowest BCUT2D eigenvalue weighted by atomic mass is 10.1. The highest BCUT2D eigenvalue weighted by atomic mass is 32.2. The van der Waals surface area contributed by atoms with Gasteiger partial charge in [0, 0.05) is 31.7 Å². The first kappa shape index (κ1) is 18.5. The molecule has 9 heteroatoms. The maximum absolute atomic E-state index is 13.3. The summed E-state index contributed by atoms with van der Waals surface area (Å²) in [5.74, 6) is -0.0790. The molecule has 0 atom stereocenters. The summed E-state index contributed by atoms with van der Waals surface area (Å²) in [6, 6.07) is 4.94. The van der Waals surface area contributed by atoms with E-state index in [-0.39, 0.29) is 43.4 Å². The van der Waals surface area contributed by atoms with Crippen molar-refractivity contribution in [2.45, 2.75) is 25.2 Å². The monoisotopic (exact) mass is 381 g/mol. The molecule has 2 heterocycles. The maximum atomic E-state index is 13.3. The summed E-state index contributed by atoms with van der Waals surface area (Å²) in [5, 5.41) is 3.84. The number of halogens is 1. The number of sulfonamides is 1. The van der Waals surface area contributed by atoms with Crippen molar-refractivity contribution in [1.82, 2.24) is 14.4 Å². The van der Waals surface area contributed by atoms with Crippen LogP contribution in [-0.2, 0) is 21.2 Å². The molecule has 1 aromatic heterocycles. The molecule has 26 heavy (non-hydrogen) atoms. The largest absolute Gasteiger partial charge is 0.361 e. The first-order valence-corrected chi connectivity index (χ1v) is 9.68. The van der Waals surface area contributed by atoms with Crippen LogP contribution in [0.25, 0.3) is 0 Å². The Kier molecular flexibility index (Phi) is 5.10. The maximum Gasteiger partial charge on any atom is 0.243 e. The fourth-order valence-electron chi connectivity index (χ4n) is 2.97. The molecule has 0 aliphatic carbocycles. The normalized spacial score (nSPS) is 16.0. The lowest BCUT2D eigenvalue weighted by Gasteiger charge is -2.34. The van der Waals surface area contributed by atoms with Crippen LogP contribution in [0.1, 0.15) is 17.0 Å². The molecule has 0 radical (unpaired) electrons. The molecule has 0 spiro atoms. The molecular weight excluding hydrogens is 361 g/mol. The van der Waals surface area contributed by atoms with E-state index >= 15 is 0 Å². The van der Waals surface area contributed by atoms with Gasteiger partial charge in [-0.3, -0.25) is 4.79 Å². The zero-order chi connectivity index (χ0) is 18.9. The van der Waals surface area contributed by atoms with Crippen LogP contribution in [0, 0.1) is 19.7 Å². The standard InChI is InChI=1S/C17H20FN3O4S/c1-12-16(13(2)25-19-12)11-17(22)20-6-8-21(9-7-20)26(23,24)15-5-3-4-14(18)10-15/h3-5,10H,6-9,11H2,1-2H3. The van der Waals surface area contributed by atoms with Gasteiger partial charge in [0.1, 0.15) is 11.6 Å². The van der Waals surface area contributed by atoms with E-state index in [1.807, 2.05) is 0 Å². The van der Waals surface area contributed by atoms with Crippen LogP contribution in [0.15, 0.2) is 33.7 Å². The molecule has 1 aliphatic rings. The van der Waals surface area contributed by atoms with Crippen LogP contribution < -0.4 is 0 Å². The minimum Gasteiger partial charge on any atom is -0.361 e. The van der Waals surface area contributed by atoms with Crippen molar-refractivity contribution in [3.05, 3.63) is 47.1 Å². The van der Waals surface area contributed by atoms with Gasteiger partial charge < -0.3 is 9.42 Å². The molecule has 7 nitrogen and oxygen atoms in total. The number of aryl methyl sites for hydroxylation is 2. The Bertz CT molecular complexity index is 898. The predicted octanol–water partition coefficient (Wildman–Crippen LogP) is 1.51. The van der Waals surface area contributed by atoms with Crippen molar-refractivity contribution in [3.8, 4) is 0 Å². The topological polar surface area (TPSA) is 83.7 Å². The molecule has 1 saturated heterocycles. The van der Waals surface area contributed by atoms with Gasteiger partial charge in [-0.25, -0.2) is 12.8 Å². The van der Waals surface area contributed by atoms with Crippen LogP contribution in [0.2, 0.25) is 0 Å². The predicted molar refractivity (Wildman–Crippen MR) is 91.4 cm³/mol. The van der Waals surface area contributed by atoms with Gasteiger partial charge in [-0.2, -0.15) is 4.31 Å². The average molecular weight is 381 g/mol.